The Bertz CT molecular complexity index is 430. The predicted octanol–water partition coefficient (Wildman–Crippen LogP) is 2.29. The number of piperazine rings is 1. The van der Waals surface area contributed by atoms with Gasteiger partial charge in [-0.1, -0.05) is 17.7 Å². The van der Waals surface area contributed by atoms with Gasteiger partial charge in [0.1, 0.15) is 0 Å². The first kappa shape index (κ1) is 14.8. The van der Waals surface area contributed by atoms with Crippen LogP contribution in [0.15, 0.2) is 12.1 Å². The molecule has 19 heavy (non-hydrogen) atoms. The summed E-state index contributed by atoms with van der Waals surface area (Å²) in [6, 6.07) is 3.96. The van der Waals surface area contributed by atoms with Gasteiger partial charge in [-0.05, 0) is 43.0 Å². The summed E-state index contributed by atoms with van der Waals surface area (Å²) in [6.45, 7) is 9.19. The van der Waals surface area contributed by atoms with Crippen LogP contribution >= 0.6 is 11.6 Å². The fraction of sp³-hybridized carbons (Fsp3) is 0.600. The zero-order valence-corrected chi connectivity index (χ0v) is 12.5. The molecule has 1 unspecified atom stereocenters. The van der Waals surface area contributed by atoms with Crippen LogP contribution < -0.4 is 5.32 Å². The minimum Gasteiger partial charge on any atom is -0.388 e. The van der Waals surface area contributed by atoms with Crippen LogP contribution in [0.5, 0.6) is 0 Å². The summed E-state index contributed by atoms with van der Waals surface area (Å²) in [5, 5.41) is 14.5. The number of nitrogens with one attached hydrogen (secondary N) is 1. The van der Waals surface area contributed by atoms with E-state index >= 15 is 0 Å². The standard InChI is InChI=1S/C15H23ClN2O/c1-11-10-14(16)12(2)9-13(11)15(19)3-6-18-7-4-17-5-8-18/h9-10,15,17,19H,3-8H2,1-2H3. The van der Waals surface area contributed by atoms with E-state index in [4.69, 9.17) is 11.6 Å². The molecular formula is C15H23ClN2O. The smallest absolute Gasteiger partial charge is 0.0804 e. The third kappa shape index (κ3) is 3.93. The second-order valence-electron chi connectivity index (χ2n) is 5.35. The summed E-state index contributed by atoms with van der Waals surface area (Å²) in [4.78, 5) is 2.40. The van der Waals surface area contributed by atoms with Gasteiger partial charge in [0.2, 0.25) is 0 Å². The van der Waals surface area contributed by atoms with Crippen molar-refractivity contribution in [1.82, 2.24) is 10.2 Å². The number of hydrogen-bond acceptors (Lipinski definition) is 3. The highest BCUT2D eigenvalue weighted by Crippen LogP contribution is 2.26. The molecule has 1 aromatic rings. The monoisotopic (exact) mass is 282 g/mol. The van der Waals surface area contributed by atoms with E-state index in [1.165, 1.54) is 0 Å². The Labute approximate surface area is 120 Å². The molecule has 0 radical (unpaired) electrons. The van der Waals surface area contributed by atoms with Crippen molar-refractivity contribution >= 4 is 11.6 Å². The molecule has 0 spiro atoms. The van der Waals surface area contributed by atoms with Crippen molar-refractivity contribution in [2.45, 2.75) is 26.4 Å². The van der Waals surface area contributed by atoms with E-state index < -0.39 is 6.10 Å². The zero-order chi connectivity index (χ0) is 13.8. The number of hydrogen-bond donors (Lipinski definition) is 2. The fourth-order valence-electron chi connectivity index (χ4n) is 2.56. The molecule has 1 aliphatic heterocycles. The maximum Gasteiger partial charge on any atom is 0.0804 e. The van der Waals surface area contributed by atoms with E-state index in [1.807, 2.05) is 26.0 Å². The molecule has 0 aliphatic carbocycles. The first-order valence-corrected chi connectivity index (χ1v) is 7.33. The van der Waals surface area contributed by atoms with Crippen LogP contribution in [-0.2, 0) is 0 Å². The molecule has 2 N–H and O–H groups in total. The summed E-state index contributed by atoms with van der Waals surface area (Å²) in [6.07, 6.45) is 0.382. The number of benzene rings is 1. The van der Waals surface area contributed by atoms with Gasteiger partial charge in [0.25, 0.3) is 0 Å². The Morgan fingerprint density at radius 1 is 1.26 bits per heavy atom. The molecule has 3 nitrogen and oxygen atoms in total. The summed E-state index contributed by atoms with van der Waals surface area (Å²) < 4.78 is 0. The summed E-state index contributed by atoms with van der Waals surface area (Å²) in [5.41, 5.74) is 3.11. The van der Waals surface area contributed by atoms with Crippen molar-refractivity contribution in [3.8, 4) is 0 Å². The lowest BCUT2D eigenvalue weighted by molar-refractivity contribution is 0.136. The van der Waals surface area contributed by atoms with Crippen molar-refractivity contribution in [2.24, 2.45) is 0 Å². The average Bonchev–Trinajstić information content (AvgIpc) is 2.41. The highest BCUT2D eigenvalue weighted by atomic mass is 35.5. The van der Waals surface area contributed by atoms with Crippen molar-refractivity contribution in [1.29, 1.82) is 0 Å². The second kappa shape index (κ2) is 6.71. The largest absolute Gasteiger partial charge is 0.388 e. The summed E-state index contributed by atoms with van der Waals surface area (Å²) in [7, 11) is 0. The maximum absolute atomic E-state index is 10.4. The zero-order valence-electron chi connectivity index (χ0n) is 11.7. The van der Waals surface area contributed by atoms with Gasteiger partial charge in [0.05, 0.1) is 6.10 Å². The van der Waals surface area contributed by atoms with Gasteiger partial charge in [-0.25, -0.2) is 0 Å². The third-order valence-corrected chi connectivity index (χ3v) is 4.24. The van der Waals surface area contributed by atoms with Crippen molar-refractivity contribution in [3.05, 3.63) is 33.8 Å². The van der Waals surface area contributed by atoms with E-state index in [2.05, 4.69) is 10.2 Å². The minimum absolute atomic E-state index is 0.397. The molecule has 2 rings (SSSR count). The molecule has 1 atom stereocenters. The Balaban J connectivity index is 1.95. The Morgan fingerprint density at radius 2 is 1.95 bits per heavy atom. The van der Waals surface area contributed by atoms with Gasteiger partial charge in [0.15, 0.2) is 0 Å². The molecule has 0 aromatic heterocycles. The van der Waals surface area contributed by atoms with Crippen molar-refractivity contribution in [3.63, 3.8) is 0 Å². The molecule has 106 valence electrons. The van der Waals surface area contributed by atoms with Crippen LogP contribution in [0.4, 0.5) is 0 Å². The first-order valence-electron chi connectivity index (χ1n) is 6.95. The average molecular weight is 283 g/mol. The van der Waals surface area contributed by atoms with E-state index in [0.29, 0.717) is 0 Å². The lowest BCUT2D eigenvalue weighted by Crippen LogP contribution is -2.44. The van der Waals surface area contributed by atoms with E-state index in [0.717, 1.165) is 60.9 Å². The van der Waals surface area contributed by atoms with Crippen LogP contribution in [0.1, 0.15) is 29.2 Å². The number of aliphatic hydroxyl groups is 1. The van der Waals surface area contributed by atoms with Crippen LogP contribution in [0.3, 0.4) is 0 Å². The van der Waals surface area contributed by atoms with Gasteiger partial charge >= 0.3 is 0 Å². The second-order valence-corrected chi connectivity index (χ2v) is 5.76. The lowest BCUT2D eigenvalue weighted by atomic mass is 9.98. The molecule has 1 saturated heterocycles. The molecule has 1 aromatic carbocycles. The summed E-state index contributed by atoms with van der Waals surface area (Å²) in [5.74, 6) is 0. The molecular weight excluding hydrogens is 260 g/mol. The highest BCUT2D eigenvalue weighted by Gasteiger charge is 2.15. The number of aliphatic hydroxyl groups excluding tert-OH is 1. The topological polar surface area (TPSA) is 35.5 Å². The Kier molecular flexibility index (Phi) is 5.22. The van der Waals surface area contributed by atoms with Gasteiger partial charge in [-0.2, -0.15) is 0 Å². The number of rotatable bonds is 4. The molecule has 0 bridgehead atoms. The lowest BCUT2D eigenvalue weighted by Gasteiger charge is -2.28. The maximum atomic E-state index is 10.4. The molecule has 0 saturated carbocycles. The van der Waals surface area contributed by atoms with Crippen LogP contribution in [0, 0.1) is 13.8 Å². The summed E-state index contributed by atoms with van der Waals surface area (Å²) >= 11 is 6.09. The normalized spacial score (nSPS) is 18.5. The van der Waals surface area contributed by atoms with Crippen molar-refractivity contribution in [2.75, 3.05) is 32.7 Å². The third-order valence-electron chi connectivity index (χ3n) is 3.83. The number of halogens is 1. The van der Waals surface area contributed by atoms with Gasteiger partial charge in [0, 0.05) is 37.7 Å². The van der Waals surface area contributed by atoms with Crippen LogP contribution in [0.25, 0.3) is 0 Å². The number of nitrogens with zero attached hydrogens (tertiary/aromatic N) is 1. The Hall–Kier alpha value is -0.610. The van der Waals surface area contributed by atoms with E-state index in [1.54, 1.807) is 0 Å². The molecule has 4 heteroatoms. The van der Waals surface area contributed by atoms with Crippen molar-refractivity contribution < 1.29 is 5.11 Å². The molecule has 1 fully saturated rings. The quantitative estimate of drug-likeness (QED) is 0.889. The minimum atomic E-state index is -0.397. The molecule has 1 heterocycles. The number of aryl methyl sites for hydroxylation is 2. The van der Waals surface area contributed by atoms with Gasteiger partial charge in [-0.15, -0.1) is 0 Å². The van der Waals surface area contributed by atoms with E-state index in [-0.39, 0.29) is 0 Å². The first-order chi connectivity index (χ1) is 9.08. The molecule has 0 amide bonds. The predicted molar refractivity (Wildman–Crippen MR) is 79.8 cm³/mol. The Morgan fingerprint density at radius 3 is 2.63 bits per heavy atom. The van der Waals surface area contributed by atoms with E-state index in [9.17, 15) is 5.11 Å². The molecule has 1 aliphatic rings. The fourth-order valence-corrected chi connectivity index (χ4v) is 2.78. The highest BCUT2D eigenvalue weighted by molar-refractivity contribution is 6.31. The van der Waals surface area contributed by atoms with Gasteiger partial charge in [-0.3, -0.25) is 0 Å². The van der Waals surface area contributed by atoms with Crippen LogP contribution in [0.2, 0.25) is 5.02 Å². The SMILES string of the molecule is Cc1cc(C(O)CCN2CCNCC2)c(C)cc1Cl. The van der Waals surface area contributed by atoms with Gasteiger partial charge < -0.3 is 15.3 Å². The van der Waals surface area contributed by atoms with Crippen LogP contribution in [-0.4, -0.2) is 42.7 Å².